The Balaban J connectivity index is 2.36. The maximum absolute atomic E-state index is 11.5. The first kappa shape index (κ1) is 10.2. The average Bonchev–Trinajstić information content (AvgIpc) is 2.40. The molecule has 1 aliphatic heterocycles. The zero-order chi connectivity index (χ0) is 11.1. The minimum atomic E-state index is -0.728. The molecule has 2 rings (SSSR count). The highest BCUT2D eigenvalue weighted by Gasteiger charge is 2.50. The summed E-state index contributed by atoms with van der Waals surface area (Å²) in [4.78, 5) is 11.5. The van der Waals surface area contributed by atoms with Gasteiger partial charge in [-0.05, 0) is 32.6 Å². The molecule has 0 atom stereocenters. The molecule has 0 unspecified atom stereocenters. The zero-order valence-corrected chi connectivity index (χ0v) is 8.80. The van der Waals surface area contributed by atoms with E-state index in [1.54, 1.807) is 0 Å². The van der Waals surface area contributed by atoms with Crippen LogP contribution >= 0.6 is 0 Å². The fourth-order valence-corrected chi connectivity index (χ4v) is 2.41. The van der Waals surface area contributed by atoms with Crippen LogP contribution in [-0.2, 0) is 9.53 Å². The molecular weight excluding hydrogens is 194 g/mol. The van der Waals surface area contributed by atoms with E-state index in [9.17, 15) is 9.90 Å². The molecule has 0 aromatic carbocycles. The summed E-state index contributed by atoms with van der Waals surface area (Å²) in [6.07, 6.45) is 4.52. The summed E-state index contributed by atoms with van der Waals surface area (Å²) >= 11 is 0. The van der Waals surface area contributed by atoms with E-state index < -0.39 is 11.6 Å². The van der Waals surface area contributed by atoms with Gasteiger partial charge in [0.1, 0.15) is 11.3 Å². The van der Waals surface area contributed by atoms with Crippen LogP contribution in [0.25, 0.3) is 0 Å². The van der Waals surface area contributed by atoms with Gasteiger partial charge in [0.15, 0.2) is 5.60 Å². The highest BCUT2D eigenvalue weighted by molar-refractivity contribution is 6.26. The third kappa shape index (κ3) is 1.44. The standard InChI is InChI=1S/C11H15NO3/c1-7(13)8-9(12)11(15-10(8)14)5-3-2-4-6-11/h12-13H,2-6H2,1H3/b8-7+,12-9?. The fourth-order valence-electron chi connectivity index (χ4n) is 2.41. The van der Waals surface area contributed by atoms with Crippen LogP contribution in [0.15, 0.2) is 11.3 Å². The minimum Gasteiger partial charge on any atom is -0.512 e. The van der Waals surface area contributed by atoms with Crippen LogP contribution in [0, 0.1) is 5.41 Å². The van der Waals surface area contributed by atoms with E-state index in [2.05, 4.69) is 0 Å². The van der Waals surface area contributed by atoms with Gasteiger partial charge in [-0.2, -0.15) is 0 Å². The summed E-state index contributed by atoms with van der Waals surface area (Å²) in [6, 6.07) is 0. The molecule has 1 heterocycles. The predicted octanol–water partition coefficient (Wildman–Crippen LogP) is 2.10. The minimum absolute atomic E-state index is 0.0666. The number of carbonyl (C=O) groups excluding carboxylic acids is 1. The quantitative estimate of drug-likeness (QED) is 0.364. The van der Waals surface area contributed by atoms with E-state index in [4.69, 9.17) is 10.1 Å². The van der Waals surface area contributed by atoms with Crippen LogP contribution in [0.3, 0.4) is 0 Å². The Morgan fingerprint density at radius 3 is 2.47 bits per heavy atom. The molecule has 1 saturated carbocycles. The second-order valence-corrected chi connectivity index (χ2v) is 4.28. The lowest BCUT2D eigenvalue weighted by atomic mass is 9.80. The molecule has 4 nitrogen and oxygen atoms in total. The van der Waals surface area contributed by atoms with E-state index >= 15 is 0 Å². The van der Waals surface area contributed by atoms with Gasteiger partial charge in [-0.25, -0.2) is 4.79 Å². The number of carbonyl (C=O) groups is 1. The Labute approximate surface area is 88.4 Å². The average molecular weight is 209 g/mol. The number of aliphatic hydroxyl groups is 1. The van der Waals surface area contributed by atoms with E-state index in [-0.39, 0.29) is 17.0 Å². The lowest BCUT2D eigenvalue weighted by Crippen LogP contribution is -2.38. The first-order valence-electron chi connectivity index (χ1n) is 5.29. The van der Waals surface area contributed by atoms with Crippen LogP contribution in [0.4, 0.5) is 0 Å². The molecule has 82 valence electrons. The third-order valence-electron chi connectivity index (χ3n) is 3.22. The van der Waals surface area contributed by atoms with Gasteiger partial charge in [-0.15, -0.1) is 0 Å². The van der Waals surface area contributed by atoms with Crippen LogP contribution < -0.4 is 0 Å². The zero-order valence-electron chi connectivity index (χ0n) is 8.80. The molecule has 1 spiro atoms. The Kier molecular flexibility index (Phi) is 2.29. The van der Waals surface area contributed by atoms with Crippen LogP contribution in [-0.4, -0.2) is 22.4 Å². The van der Waals surface area contributed by atoms with Crippen molar-refractivity contribution in [3.05, 3.63) is 11.3 Å². The Bertz CT molecular complexity index is 347. The van der Waals surface area contributed by atoms with Crippen molar-refractivity contribution in [1.82, 2.24) is 0 Å². The number of nitrogens with one attached hydrogen (secondary N) is 1. The fraction of sp³-hybridized carbons (Fsp3) is 0.636. The summed E-state index contributed by atoms with van der Waals surface area (Å²) in [5.41, 5.74) is -0.488. The van der Waals surface area contributed by atoms with Crippen molar-refractivity contribution in [1.29, 1.82) is 5.41 Å². The normalized spacial score (nSPS) is 28.1. The molecule has 2 fully saturated rings. The van der Waals surface area contributed by atoms with Gasteiger partial charge < -0.3 is 15.3 Å². The number of hydrogen-bond acceptors (Lipinski definition) is 4. The predicted molar refractivity (Wildman–Crippen MR) is 55.0 cm³/mol. The number of hydrogen-bond donors (Lipinski definition) is 2. The van der Waals surface area contributed by atoms with Crippen LogP contribution in [0.5, 0.6) is 0 Å². The van der Waals surface area contributed by atoms with Crippen molar-refractivity contribution in [3.8, 4) is 0 Å². The first-order valence-corrected chi connectivity index (χ1v) is 5.29. The highest BCUT2D eigenvalue weighted by Crippen LogP contribution is 2.40. The lowest BCUT2D eigenvalue weighted by molar-refractivity contribution is -0.146. The Hall–Kier alpha value is -1.32. The van der Waals surface area contributed by atoms with Crippen molar-refractivity contribution in [2.75, 3.05) is 0 Å². The number of rotatable bonds is 0. The molecule has 15 heavy (non-hydrogen) atoms. The van der Waals surface area contributed by atoms with Crippen molar-refractivity contribution in [2.24, 2.45) is 0 Å². The third-order valence-corrected chi connectivity index (χ3v) is 3.22. The Morgan fingerprint density at radius 2 is 2.00 bits per heavy atom. The number of allylic oxidation sites excluding steroid dienone is 1. The summed E-state index contributed by atoms with van der Waals surface area (Å²) < 4.78 is 5.29. The molecule has 0 radical (unpaired) electrons. The molecule has 0 aromatic rings. The smallest absolute Gasteiger partial charge is 0.344 e. The van der Waals surface area contributed by atoms with Gasteiger partial charge in [-0.1, -0.05) is 6.42 Å². The molecule has 0 amide bonds. The van der Waals surface area contributed by atoms with Gasteiger partial charge in [0.25, 0.3) is 0 Å². The van der Waals surface area contributed by atoms with Gasteiger partial charge in [-0.3, -0.25) is 0 Å². The van der Waals surface area contributed by atoms with E-state index in [1.807, 2.05) is 0 Å². The summed E-state index contributed by atoms with van der Waals surface area (Å²) in [5, 5.41) is 17.3. The maximum atomic E-state index is 11.5. The topological polar surface area (TPSA) is 70.4 Å². The van der Waals surface area contributed by atoms with E-state index in [0.29, 0.717) is 12.8 Å². The van der Waals surface area contributed by atoms with Crippen LogP contribution in [0.2, 0.25) is 0 Å². The molecule has 1 aliphatic carbocycles. The Morgan fingerprint density at radius 1 is 1.40 bits per heavy atom. The molecule has 0 aromatic heterocycles. The molecule has 0 bridgehead atoms. The molecule has 4 heteroatoms. The van der Waals surface area contributed by atoms with Crippen LogP contribution in [0.1, 0.15) is 39.0 Å². The first-order chi connectivity index (χ1) is 7.07. The molecule has 2 N–H and O–H groups in total. The number of esters is 1. The van der Waals surface area contributed by atoms with E-state index in [1.165, 1.54) is 6.92 Å². The van der Waals surface area contributed by atoms with Crippen molar-refractivity contribution in [3.63, 3.8) is 0 Å². The monoisotopic (exact) mass is 209 g/mol. The van der Waals surface area contributed by atoms with Gasteiger partial charge in [0, 0.05) is 0 Å². The lowest BCUT2D eigenvalue weighted by Gasteiger charge is -2.31. The second kappa shape index (κ2) is 3.36. The molecular formula is C11H15NO3. The number of ether oxygens (including phenoxy) is 1. The SMILES string of the molecule is C/C(O)=C1/C(=N)C2(CCCCC2)OC1=O. The van der Waals surface area contributed by atoms with Gasteiger partial charge in [0.2, 0.25) is 0 Å². The van der Waals surface area contributed by atoms with Crippen molar-refractivity contribution >= 4 is 11.7 Å². The van der Waals surface area contributed by atoms with Gasteiger partial charge >= 0.3 is 5.97 Å². The largest absolute Gasteiger partial charge is 0.512 e. The summed E-state index contributed by atoms with van der Waals surface area (Å²) in [6.45, 7) is 1.42. The summed E-state index contributed by atoms with van der Waals surface area (Å²) in [7, 11) is 0. The van der Waals surface area contributed by atoms with Crippen molar-refractivity contribution in [2.45, 2.75) is 44.6 Å². The maximum Gasteiger partial charge on any atom is 0.344 e. The van der Waals surface area contributed by atoms with E-state index in [0.717, 1.165) is 19.3 Å². The second-order valence-electron chi connectivity index (χ2n) is 4.28. The number of aliphatic hydroxyl groups excluding tert-OH is 1. The van der Waals surface area contributed by atoms with Crippen molar-refractivity contribution < 1.29 is 14.6 Å². The highest BCUT2D eigenvalue weighted by atomic mass is 16.6. The summed E-state index contributed by atoms with van der Waals surface area (Å²) in [5.74, 6) is -0.644. The van der Waals surface area contributed by atoms with Gasteiger partial charge in [0.05, 0.1) is 5.71 Å². The molecule has 2 aliphatic rings. The molecule has 1 saturated heterocycles.